The zero-order valence-electron chi connectivity index (χ0n) is 31.9. The van der Waals surface area contributed by atoms with E-state index in [0.717, 1.165) is 0 Å². The Morgan fingerprint density at radius 1 is 1.02 bits per heavy atom. The molecular formula is C38H57FN2O10. The molecule has 0 radical (unpaired) electrons. The smallest absolute Gasteiger partial charge is 0.408 e. The summed E-state index contributed by atoms with van der Waals surface area (Å²) in [7, 11) is 5.16. The van der Waals surface area contributed by atoms with Gasteiger partial charge in [-0.15, -0.1) is 0 Å². The van der Waals surface area contributed by atoms with Crippen LogP contribution in [0.2, 0.25) is 0 Å². The van der Waals surface area contributed by atoms with Crippen LogP contribution < -0.4 is 5.32 Å². The maximum absolute atomic E-state index is 15.1. The highest BCUT2D eigenvalue weighted by Crippen LogP contribution is 2.42. The van der Waals surface area contributed by atoms with Gasteiger partial charge in [-0.25, -0.2) is 9.18 Å². The SMILES string of the molecule is CC[C@H]1OC(=O)C(C)(Cc2ccc(F)cc2)C(=O)[C@H](C)[C@@H](OC2O[C@H](C)C[C@H](N(C)C)[C@H]2O)[C@@](C)(OC)C[C@@H](C)C(=O)[C@H](C)C2NC(=O)OC21C. The lowest BCUT2D eigenvalue weighted by Gasteiger charge is -2.47. The van der Waals surface area contributed by atoms with Crippen LogP contribution in [0.15, 0.2) is 24.3 Å². The molecule has 1 amide bonds. The van der Waals surface area contributed by atoms with E-state index in [0.29, 0.717) is 12.0 Å². The molecule has 13 atom stereocenters. The molecule has 3 heterocycles. The number of aliphatic hydroxyl groups is 1. The molecule has 0 saturated carbocycles. The Morgan fingerprint density at radius 2 is 1.65 bits per heavy atom. The number of aliphatic hydroxyl groups excluding tert-OH is 1. The molecule has 3 saturated heterocycles. The molecule has 0 spiro atoms. The number of carbonyl (C=O) groups excluding carboxylic acids is 4. The van der Waals surface area contributed by atoms with Crippen LogP contribution in [-0.2, 0) is 44.5 Å². The molecule has 13 heteroatoms. The second kappa shape index (κ2) is 15.6. The third-order valence-corrected chi connectivity index (χ3v) is 11.6. The molecule has 1 aromatic rings. The Balaban J connectivity index is 1.90. The van der Waals surface area contributed by atoms with E-state index in [9.17, 15) is 23.9 Å². The normalized spacial score (nSPS) is 41.4. The summed E-state index contributed by atoms with van der Waals surface area (Å²) in [5.41, 5.74) is -4.13. The van der Waals surface area contributed by atoms with Gasteiger partial charge in [0.2, 0.25) is 0 Å². The Hall–Kier alpha value is -2.97. The van der Waals surface area contributed by atoms with E-state index in [-0.39, 0.29) is 37.2 Å². The summed E-state index contributed by atoms with van der Waals surface area (Å²) in [4.78, 5) is 58.5. The Morgan fingerprint density at radius 3 is 2.22 bits per heavy atom. The van der Waals surface area contributed by atoms with Crippen molar-refractivity contribution in [3.63, 3.8) is 0 Å². The highest BCUT2D eigenvalue weighted by Gasteiger charge is 2.59. The fourth-order valence-electron chi connectivity index (χ4n) is 8.45. The number of esters is 1. The summed E-state index contributed by atoms with van der Waals surface area (Å²) >= 11 is 0. The van der Waals surface area contributed by atoms with Crippen molar-refractivity contribution in [1.82, 2.24) is 10.2 Å². The number of cyclic esters (lactones) is 1. The molecule has 286 valence electrons. The average Bonchev–Trinajstić information content (AvgIpc) is 3.40. The third kappa shape index (κ3) is 8.02. The first-order valence-corrected chi connectivity index (χ1v) is 18.0. The Bertz CT molecular complexity index is 1440. The van der Waals surface area contributed by atoms with E-state index < -0.39 is 88.7 Å². The van der Waals surface area contributed by atoms with Gasteiger partial charge in [-0.3, -0.25) is 14.4 Å². The molecule has 0 aromatic heterocycles. The molecule has 2 N–H and O–H groups in total. The fourth-order valence-corrected chi connectivity index (χ4v) is 8.45. The summed E-state index contributed by atoms with van der Waals surface area (Å²) in [6.45, 7) is 13.6. The lowest BCUT2D eigenvalue weighted by atomic mass is 9.69. The second-order valence-corrected chi connectivity index (χ2v) is 15.7. The van der Waals surface area contributed by atoms with E-state index in [1.54, 1.807) is 41.5 Å². The number of nitrogens with zero attached hydrogens (tertiary/aromatic N) is 1. The fraction of sp³-hybridized carbons (Fsp3) is 0.737. The van der Waals surface area contributed by atoms with Crippen LogP contribution in [0, 0.1) is 29.0 Å². The van der Waals surface area contributed by atoms with Crippen LogP contribution in [0.3, 0.4) is 0 Å². The van der Waals surface area contributed by atoms with Crippen molar-refractivity contribution < 1.29 is 52.4 Å². The van der Waals surface area contributed by atoms with Gasteiger partial charge in [0.1, 0.15) is 29.2 Å². The van der Waals surface area contributed by atoms with Gasteiger partial charge in [0, 0.05) is 30.9 Å². The van der Waals surface area contributed by atoms with Crippen LogP contribution >= 0.6 is 0 Å². The van der Waals surface area contributed by atoms with Crippen molar-refractivity contribution in [2.75, 3.05) is 21.2 Å². The largest absolute Gasteiger partial charge is 0.457 e. The number of carbonyl (C=O) groups is 4. The lowest BCUT2D eigenvalue weighted by Crippen LogP contribution is -2.61. The molecule has 12 nitrogen and oxygen atoms in total. The van der Waals surface area contributed by atoms with Crippen LogP contribution in [-0.4, -0.2) is 109 Å². The first-order valence-electron chi connectivity index (χ1n) is 18.0. The summed E-state index contributed by atoms with van der Waals surface area (Å²) in [5, 5.41) is 14.3. The maximum Gasteiger partial charge on any atom is 0.408 e. The van der Waals surface area contributed by atoms with Gasteiger partial charge in [0.05, 0.1) is 23.9 Å². The predicted molar refractivity (Wildman–Crippen MR) is 185 cm³/mol. The predicted octanol–water partition coefficient (Wildman–Crippen LogP) is 4.23. The molecule has 4 unspecified atom stereocenters. The van der Waals surface area contributed by atoms with Crippen LogP contribution in [0.5, 0.6) is 0 Å². The van der Waals surface area contributed by atoms with Crippen molar-refractivity contribution >= 4 is 23.6 Å². The number of ketones is 2. The van der Waals surface area contributed by atoms with E-state index >= 15 is 4.79 Å². The number of methoxy groups -OCH3 is 1. The Kier molecular flexibility index (Phi) is 12.4. The number of hydrogen-bond donors (Lipinski definition) is 2. The molecule has 1 aromatic carbocycles. The summed E-state index contributed by atoms with van der Waals surface area (Å²) < 4.78 is 44.9. The standard InChI is InChI=1S/C38H57FN2O10/c1-12-27-38(8)30(40-35(46)51-38)22(4)28(42)20(2)18-37(7,47-11)32(50-33-29(43)26(41(9)10)17-21(3)48-33)23(5)31(44)36(6,34(45)49-27)19-24-13-15-25(39)16-14-24/h13-16,20-23,26-27,29-30,32-33,43H,12,17-19H2,1-11H3,(H,40,46)/t20-,21-,22+,23+,26+,27-,29-,30?,32-,33?,36?,37+,38?/m1/s1. The molecule has 51 heavy (non-hydrogen) atoms. The molecule has 3 fully saturated rings. The van der Waals surface area contributed by atoms with Crippen molar-refractivity contribution in [3.05, 3.63) is 35.6 Å². The minimum absolute atomic E-state index is 0.0823. The number of halogens is 1. The molecule has 3 aliphatic heterocycles. The van der Waals surface area contributed by atoms with Crippen molar-refractivity contribution in [2.45, 2.75) is 135 Å². The number of ether oxygens (including phenoxy) is 5. The number of amides is 1. The second-order valence-electron chi connectivity index (χ2n) is 15.7. The first kappa shape index (κ1) is 40.8. The van der Waals surface area contributed by atoms with Gasteiger partial charge in [-0.05, 0) is 85.2 Å². The first-order chi connectivity index (χ1) is 23.7. The number of rotatable bonds is 7. The van der Waals surface area contributed by atoms with Crippen LogP contribution in [0.1, 0.15) is 80.2 Å². The minimum atomic E-state index is -1.86. The number of likely N-dealkylation sites (N-methyl/N-ethyl adjacent to an activating group) is 1. The monoisotopic (exact) mass is 720 g/mol. The number of alkyl carbamates (subject to hydrolysis) is 1. The van der Waals surface area contributed by atoms with E-state index in [4.69, 9.17) is 23.7 Å². The summed E-state index contributed by atoms with van der Waals surface area (Å²) in [6.07, 6.45) is -4.82. The van der Waals surface area contributed by atoms with Gasteiger partial charge in [0.15, 0.2) is 17.7 Å². The quantitative estimate of drug-likeness (QED) is 0.308. The highest BCUT2D eigenvalue weighted by molar-refractivity contribution is 6.05. The van der Waals surface area contributed by atoms with E-state index in [1.165, 1.54) is 38.3 Å². The summed E-state index contributed by atoms with van der Waals surface area (Å²) in [5.74, 6) is -4.64. The third-order valence-electron chi connectivity index (χ3n) is 11.6. The minimum Gasteiger partial charge on any atom is -0.457 e. The molecular weight excluding hydrogens is 663 g/mol. The topological polar surface area (TPSA) is 150 Å². The molecule has 0 aliphatic carbocycles. The van der Waals surface area contributed by atoms with Gasteiger partial charge < -0.3 is 39.0 Å². The number of fused-ring (bicyclic) bond motifs is 1. The molecule has 0 bridgehead atoms. The van der Waals surface area contributed by atoms with E-state index in [1.807, 2.05) is 25.9 Å². The zero-order chi connectivity index (χ0) is 38.2. The van der Waals surface area contributed by atoms with Crippen molar-refractivity contribution in [1.29, 1.82) is 0 Å². The maximum atomic E-state index is 15.1. The van der Waals surface area contributed by atoms with Gasteiger partial charge in [-0.1, -0.05) is 39.8 Å². The zero-order valence-corrected chi connectivity index (χ0v) is 31.9. The van der Waals surface area contributed by atoms with Gasteiger partial charge >= 0.3 is 12.1 Å². The molecule has 3 aliphatic rings. The Labute approximate surface area is 301 Å². The summed E-state index contributed by atoms with van der Waals surface area (Å²) in [6, 6.07) is 4.33. The number of hydrogen-bond acceptors (Lipinski definition) is 11. The highest BCUT2D eigenvalue weighted by atomic mass is 19.1. The van der Waals surface area contributed by atoms with Gasteiger partial charge in [-0.2, -0.15) is 0 Å². The van der Waals surface area contributed by atoms with Crippen LogP contribution in [0.4, 0.5) is 9.18 Å². The van der Waals surface area contributed by atoms with E-state index in [2.05, 4.69) is 5.32 Å². The average molecular weight is 721 g/mol. The number of benzene rings is 1. The number of nitrogens with one attached hydrogen (secondary N) is 1. The van der Waals surface area contributed by atoms with Crippen molar-refractivity contribution in [3.8, 4) is 0 Å². The van der Waals surface area contributed by atoms with Crippen LogP contribution in [0.25, 0.3) is 0 Å². The lowest BCUT2D eigenvalue weighted by molar-refractivity contribution is -0.295. The van der Waals surface area contributed by atoms with Gasteiger partial charge in [0.25, 0.3) is 0 Å². The van der Waals surface area contributed by atoms with Crippen molar-refractivity contribution in [2.24, 2.45) is 23.2 Å². The number of Topliss-reactive ketones (excluding diaryl/α,β-unsaturated/α-hetero) is 2. The molecule has 4 rings (SSSR count).